The largest absolute Gasteiger partial charge is 0.370 e. The third-order valence-corrected chi connectivity index (χ3v) is 8.40. The van der Waals surface area contributed by atoms with Crippen LogP contribution in [0.5, 0.6) is 0 Å². The van der Waals surface area contributed by atoms with Crippen LogP contribution >= 0.6 is 10.6 Å². The van der Waals surface area contributed by atoms with E-state index in [-0.39, 0.29) is 28.7 Å². The van der Waals surface area contributed by atoms with Gasteiger partial charge in [0.1, 0.15) is 11.5 Å². The lowest BCUT2D eigenvalue weighted by Gasteiger charge is -2.26. The summed E-state index contributed by atoms with van der Waals surface area (Å²) in [5, 5.41) is 13.1. The van der Waals surface area contributed by atoms with Crippen LogP contribution in [-0.4, -0.2) is 65.3 Å². The highest BCUT2D eigenvalue weighted by molar-refractivity contribution is 8.24. The molecule has 2 amide bonds. The van der Waals surface area contributed by atoms with Crippen molar-refractivity contribution in [2.75, 3.05) is 35.2 Å². The van der Waals surface area contributed by atoms with Crippen LogP contribution in [0.3, 0.4) is 0 Å². The molecule has 2 aliphatic rings. The fourth-order valence-corrected chi connectivity index (χ4v) is 6.21. The average molecular weight is 526 g/mol. The molecule has 37 heavy (non-hydrogen) atoms. The summed E-state index contributed by atoms with van der Waals surface area (Å²) in [7, 11) is -0.868. The van der Waals surface area contributed by atoms with Crippen molar-refractivity contribution in [2.24, 2.45) is 18.9 Å². The van der Waals surface area contributed by atoms with Crippen molar-refractivity contribution in [2.45, 2.75) is 19.3 Å². The summed E-state index contributed by atoms with van der Waals surface area (Å²) in [5.74, 6) is 1.24. The van der Waals surface area contributed by atoms with Gasteiger partial charge < -0.3 is 16.0 Å². The summed E-state index contributed by atoms with van der Waals surface area (Å²) < 4.78 is 21.1. The molecular formula is C25H31N7O4S. The van der Waals surface area contributed by atoms with E-state index in [9.17, 15) is 18.7 Å². The molecule has 2 fully saturated rings. The Morgan fingerprint density at radius 2 is 1.95 bits per heavy atom. The molecule has 196 valence electrons. The maximum absolute atomic E-state index is 13.1. The summed E-state index contributed by atoms with van der Waals surface area (Å²) in [4.78, 5) is 34.7. The predicted molar refractivity (Wildman–Crippen MR) is 143 cm³/mol. The normalized spacial score (nSPS) is 19.3. The lowest BCUT2D eigenvalue weighted by Crippen LogP contribution is -2.30. The summed E-state index contributed by atoms with van der Waals surface area (Å²) in [6, 6.07) is 8.97. The van der Waals surface area contributed by atoms with Gasteiger partial charge in [-0.1, -0.05) is 6.07 Å². The number of pyridine rings is 2. The second-order valence-corrected chi connectivity index (χ2v) is 12.1. The number of amides is 2. The van der Waals surface area contributed by atoms with Gasteiger partial charge >= 0.3 is 0 Å². The first kappa shape index (κ1) is 25.2. The second-order valence-electron chi connectivity index (χ2n) is 9.72. The summed E-state index contributed by atoms with van der Waals surface area (Å²) in [6.07, 6.45) is 6.42. The Morgan fingerprint density at radius 1 is 1.11 bits per heavy atom. The number of carbonyl (C=O) groups is 2. The van der Waals surface area contributed by atoms with Crippen LogP contribution in [-0.2, 0) is 7.05 Å². The van der Waals surface area contributed by atoms with Gasteiger partial charge in [-0.3, -0.25) is 23.4 Å². The molecule has 1 aliphatic carbocycles. The SMILES string of the molecule is Cn1cc(NC(=O)c2cccc(-c3ccnc(NCC4CC4)c3)n2)c(C(=O)NCC2CCS(O)(O)C2)n1. The van der Waals surface area contributed by atoms with Gasteiger partial charge in [0.05, 0.1) is 11.4 Å². The van der Waals surface area contributed by atoms with E-state index in [1.165, 1.54) is 17.5 Å². The molecule has 1 saturated heterocycles. The van der Waals surface area contributed by atoms with Gasteiger partial charge in [-0.15, -0.1) is 0 Å². The van der Waals surface area contributed by atoms with Crippen molar-refractivity contribution in [3.8, 4) is 11.3 Å². The number of nitrogens with one attached hydrogen (secondary N) is 3. The fraction of sp³-hybridized carbons (Fsp3) is 0.400. The molecule has 11 nitrogen and oxygen atoms in total. The second kappa shape index (κ2) is 10.5. The lowest BCUT2D eigenvalue weighted by atomic mass is 10.1. The Morgan fingerprint density at radius 3 is 2.70 bits per heavy atom. The van der Waals surface area contributed by atoms with Gasteiger partial charge in [-0.2, -0.15) is 15.7 Å². The molecular weight excluding hydrogens is 494 g/mol. The molecule has 3 aromatic rings. The maximum atomic E-state index is 13.1. The first-order valence-electron chi connectivity index (χ1n) is 12.3. The molecule has 0 radical (unpaired) electrons. The molecule has 5 N–H and O–H groups in total. The van der Waals surface area contributed by atoms with Gasteiger partial charge in [-0.25, -0.2) is 9.97 Å². The molecule has 1 unspecified atom stereocenters. The summed E-state index contributed by atoms with van der Waals surface area (Å²) >= 11 is 0. The first-order valence-corrected chi connectivity index (χ1v) is 14.2. The molecule has 12 heteroatoms. The molecule has 1 aliphatic heterocycles. The summed E-state index contributed by atoms with van der Waals surface area (Å²) in [6.45, 7) is 1.21. The average Bonchev–Trinajstić information content (AvgIpc) is 3.55. The highest BCUT2D eigenvalue weighted by Crippen LogP contribution is 2.48. The van der Waals surface area contributed by atoms with E-state index in [0.29, 0.717) is 24.4 Å². The van der Waals surface area contributed by atoms with Crippen LogP contribution in [0, 0.1) is 11.8 Å². The predicted octanol–water partition coefficient (Wildman–Crippen LogP) is 3.45. The van der Waals surface area contributed by atoms with E-state index in [2.05, 4.69) is 31.0 Å². The Bertz CT molecular complexity index is 1310. The van der Waals surface area contributed by atoms with Gasteiger partial charge in [0, 0.05) is 49.6 Å². The molecule has 1 saturated carbocycles. The van der Waals surface area contributed by atoms with Crippen LogP contribution in [0.25, 0.3) is 11.3 Å². The molecule has 0 aromatic carbocycles. The minimum Gasteiger partial charge on any atom is -0.370 e. The first-order chi connectivity index (χ1) is 17.8. The number of nitrogens with zero attached hydrogens (tertiary/aromatic N) is 4. The van der Waals surface area contributed by atoms with Crippen molar-refractivity contribution in [1.29, 1.82) is 0 Å². The van der Waals surface area contributed by atoms with Crippen LogP contribution in [0.2, 0.25) is 0 Å². The number of hydrogen-bond acceptors (Lipinski definition) is 8. The Balaban J connectivity index is 1.25. The molecule has 5 rings (SSSR count). The van der Waals surface area contributed by atoms with Gasteiger partial charge in [0.25, 0.3) is 11.8 Å². The van der Waals surface area contributed by atoms with Crippen LogP contribution in [0.1, 0.15) is 40.2 Å². The molecule has 1 atom stereocenters. The zero-order chi connectivity index (χ0) is 26.0. The van der Waals surface area contributed by atoms with Gasteiger partial charge in [-0.05, 0) is 55.4 Å². The number of rotatable bonds is 9. The quantitative estimate of drug-likeness (QED) is 0.285. The minimum atomic E-state index is -2.53. The van der Waals surface area contributed by atoms with E-state index >= 15 is 0 Å². The van der Waals surface area contributed by atoms with Crippen molar-refractivity contribution in [3.63, 3.8) is 0 Å². The van der Waals surface area contributed by atoms with E-state index in [1.807, 2.05) is 18.2 Å². The topological polar surface area (TPSA) is 154 Å². The molecule has 4 heterocycles. The van der Waals surface area contributed by atoms with E-state index < -0.39 is 22.4 Å². The Hall–Kier alpha value is -3.48. The lowest BCUT2D eigenvalue weighted by molar-refractivity contribution is 0.0943. The van der Waals surface area contributed by atoms with Crippen LogP contribution < -0.4 is 16.0 Å². The van der Waals surface area contributed by atoms with Crippen molar-refractivity contribution in [1.82, 2.24) is 25.1 Å². The maximum Gasteiger partial charge on any atom is 0.274 e. The number of carbonyl (C=O) groups excluding carboxylic acids is 2. The van der Waals surface area contributed by atoms with Crippen molar-refractivity contribution < 1.29 is 18.7 Å². The van der Waals surface area contributed by atoms with Gasteiger partial charge in [0.15, 0.2) is 5.69 Å². The molecule has 3 aromatic heterocycles. The molecule has 0 bridgehead atoms. The third kappa shape index (κ3) is 6.45. The van der Waals surface area contributed by atoms with Crippen LogP contribution in [0.15, 0.2) is 42.7 Å². The fourth-order valence-electron chi connectivity index (χ4n) is 4.29. The monoisotopic (exact) mass is 525 g/mol. The smallest absolute Gasteiger partial charge is 0.274 e. The van der Waals surface area contributed by atoms with Gasteiger partial charge in [0.2, 0.25) is 0 Å². The third-order valence-electron chi connectivity index (χ3n) is 6.51. The van der Waals surface area contributed by atoms with E-state index in [1.54, 1.807) is 31.6 Å². The Kier molecular flexibility index (Phi) is 7.13. The zero-order valence-corrected chi connectivity index (χ0v) is 21.4. The highest BCUT2D eigenvalue weighted by atomic mass is 32.3. The number of aryl methyl sites for hydroxylation is 1. The standard InChI is InChI=1S/C25H31N7O4S/c1-32-14-21(23(31-32)25(34)28-13-17-8-10-37(35,36)15-17)30-24(33)20-4-2-3-19(29-20)18-7-9-26-22(11-18)27-12-16-5-6-16/h2-4,7,9,11,14,16-17,35-36H,5-6,8,10,12-13,15H2,1H3,(H,26,27)(H,28,34)(H,30,33). The van der Waals surface area contributed by atoms with Crippen molar-refractivity contribution in [3.05, 3.63) is 54.1 Å². The molecule has 0 spiro atoms. The Labute approximate surface area is 216 Å². The summed E-state index contributed by atoms with van der Waals surface area (Å²) in [5.41, 5.74) is 2.03. The van der Waals surface area contributed by atoms with E-state index in [0.717, 1.165) is 23.8 Å². The number of anilines is 2. The minimum absolute atomic E-state index is 0.000234. The number of aromatic nitrogens is 4. The number of hydrogen-bond donors (Lipinski definition) is 5. The zero-order valence-electron chi connectivity index (χ0n) is 20.6. The highest BCUT2D eigenvalue weighted by Gasteiger charge is 2.29. The van der Waals surface area contributed by atoms with E-state index in [4.69, 9.17) is 0 Å². The van der Waals surface area contributed by atoms with Crippen molar-refractivity contribution >= 4 is 33.9 Å². The van der Waals surface area contributed by atoms with Crippen LogP contribution in [0.4, 0.5) is 11.5 Å².